The first-order valence-electron chi connectivity index (χ1n) is 11.4. The van der Waals surface area contributed by atoms with Gasteiger partial charge in [-0.25, -0.2) is 8.42 Å². The van der Waals surface area contributed by atoms with Gasteiger partial charge in [0.05, 0.1) is 11.9 Å². The molecule has 1 unspecified atom stereocenters. The third-order valence-electron chi connectivity index (χ3n) is 5.83. The van der Waals surface area contributed by atoms with E-state index >= 15 is 0 Å². The van der Waals surface area contributed by atoms with Crippen molar-refractivity contribution in [2.75, 3.05) is 24.2 Å². The molecule has 2 amide bonds. The molecule has 0 aliphatic carbocycles. The Morgan fingerprint density at radius 3 is 2.08 bits per heavy atom. The molecule has 0 heterocycles. The van der Waals surface area contributed by atoms with Crippen molar-refractivity contribution in [1.29, 1.82) is 0 Å². The minimum absolute atomic E-state index is 0.136. The molecule has 7 nitrogen and oxygen atoms in total. The van der Waals surface area contributed by atoms with Gasteiger partial charge in [0.15, 0.2) is 0 Å². The Morgan fingerprint density at radius 2 is 1.53 bits per heavy atom. The van der Waals surface area contributed by atoms with Crippen LogP contribution in [0.1, 0.15) is 16.7 Å². The molecule has 9 heteroatoms. The summed E-state index contributed by atoms with van der Waals surface area (Å²) < 4.78 is 26.6. The van der Waals surface area contributed by atoms with Crippen molar-refractivity contribution in [3.8, 4) is 0 Å². The smallest absolute Gasteiger partial charge is 0.244 e. The number of hydrogen-bond acceptors (Lipinski definition) is 4. The van der Waals surface area contributed by atoms with Crippen molar-refractivity contribution < 1.29 is 18.0 Å². The van der Waals surface area contributed by atoms with Crippen molar-refractivity contribution in [3.63, 3.8) is 0 Å². The summed E-state index contributed by atoms with van der Waals surface area (Å²) in [5.41, 5.74) is 2.66. The van der Waals surface area contributed by atoms with Gasteiger partial charge in [-0.2, -0.15) is 0 Å². The Hall–Kier alpha value is -3.36. The van der Waals surface area contributed by atoms with E-state index < -0.39 is 28.5 Å². The first-order valence-corrected chi connectivity index (χ1v) is 13.7. The van der Waals surface area contributed by atoms with Gasteiger partial charge >= 0.3 is 0 Å². The first kappa shape index (κ1) is 27.2. The molecule has 0 radical (unpaired) electrons. The molecule has 1 atom stereocenters. The molecule has 36 heavy (non-hydrogen) atoms. The first-order chi connectivity index (χ1) is 17.1. The van der Waals surface area contributed by atoms with Gasteiger partial charge in [-0.15, -0.1) is 0 Å². The molecule has 0 aliphatic heterocycles. The standard InChI is InChI=1S/C27H30ClN3O4S/c1-20-14-15-23(28)17-24(20)31(36(3,34)35)19-26(32)30(18-22-12-8-5-9-13-22)25(27(33)29-2)16-21-10-6-4-7-11-21/h4-15,17,25H,16,18-19H2,1-3H3,(H,29,33). The van der Waals surface area contributed by atoms with Gasteiger partial charge in [0.2, 0.25) is 21.8 Å². The maximum absolute atomic E-state index is 13.8. The highest BCUT2D eigenvalue weighted by molar-refractivity contribution is 7.92. The van der Waals surface area contributed by atoms with Crippen LogP contribution < -0.4 is 9.62 Å². The summed E-state index contributed by atoms with van der Waals surface area (Å²) in [5, 5.41) is 3.01. The Labute approximate surface area is 217 Å². The number of sulfonamides is 1. The molecule has 1 N–H and O–H groups in total. The fraction of sp³-hybridized carbons (Fsp3) is 0.259. The van der Waals surface area contributed by atoms with Crippen LogP contribution in [0.2, 0.25) is 5.02 Å². The summed E-state index contributed by atoms with van der Waals surface area (Å²) in [6.07, 6.45) is 1.32. The number of hydrogen-bond donors (Lipinski definition) is 1. The third kappa shape index (κ3) is 7.08. The number of aryl methyl sites for hydroxylation is 1. The number of carbonyl (C=O) groups excluding carboxylic acids is 2. The second-order valence-electron chi connectivity index (χ2n) is 8.53. The topological polar surface area (TPSA) is 86.8 Å². The van der Waals surface area contributed by atoms with Crippen molar-refractivity contribution >= 4 is 39.1 Å². The van der Waals surface area contributed by atoms with Gasteiger partial charge in [-0.3, -0.25) is 13.9 Å². The zero-order valence-electron chi connectivity index (χ0n) is 20.5. The summed E-state index contributed by atoms with van der Waals surface area (Å²) in [6.45, 7) is 1.41. The van der Waals surface area contributed by atoms with Gasteiger partial charge in [-0.05, 0) is 35.7 Å². The van der Waals surface area contributed by atoms with Crippen molar-refractivity contribution in [1.82, 2.24) is 10.2 Å². The van der Waals surface area contributed by atoms with Crippen LogP contribution in [-0.4, -0.2) is 51.0 Å². The number of nitrogens with zero attached hydrogens (tertiary/aromatic N) is 2. The van der Waals surface area contributed by atoms with Crippen molar-refractivity contribution in [3.05, 3.63) is 101 Å². The van der Waals surface area contributed by atoms with Gasteiger partial charge in [0.1, 0.15) is 12.6 Å². The average Bonchev–Trinajstić information content (AvgIpc) is 2.86. The van der Waals surface area contributed by atoms with Crippen molar-refractivity contribution in [2.24, 2.45) is 0 Å². The lowest BCUT2D eigenvalue weighted by Gasteiger charge is -2.33. The van der Waals surface area contributed by atoms with E-state index in [0.717, 1.165) is 21.7 Å². The van der Waals surface area contributed by atoms with E-state index in [1.54, 1.807) is 19.1 Å². The molecule has 0 spiro atoms. The zero-order valence-corrected chi connectivity index (χ0v) is 22.1. The molecule has 3 aromatic rings. The normalized spacial score (nSPS) is 12.0. The molecule has 0 saturated heterocycles. The largest absolute Gasteiger partial charge is 0.357 e. The van der Waals surface area contributed by atoms with Crippen LogP contribution in [-0.2, 0) is 32.6 Å². The van der Waals surface area contributed by atoms with Gasteiger partial charge in [-0.1, -0.05) is 78.3 Å². The Morgan fingerprint density at radius 1 is 0.944 bits per heavy atom. The minimum atomic E-state index is -3.84. The molecular weight excluding hydrogens is 498 g/mol. The number of anilines is 1. The number of nitrogens with one attached hydrogen (secondary N) is 1. The molecule has 0 saturated carbocycles. The second-order valence-corrected chi connectivity index (χ2v) is 10.9. The van der Waals surface area contributed by atoms with E-state index in [1.807, 2.05) is 60.7 Å². The van der Waals surface area contributed by atoms with Crippen LogP contribution >= 0.6 is 11.6 Å². The molecule has 0 aromatic heterocycles. The Balaban J connectivity index is 2.03. The molecule has 190 valence electrons. The number of rotatable bonds is 10. The van der Waals surface area contributed by atoms with Gasteiger partial charge in [0.25, 0.3) is 0 Å². The minimum Gasteiger partial charge on any atom is -0.357 e. The molecule has 3 aromatic carbocycles. The van der Waals surface area contributed by atoms with Crippen LogP contribution in [0.3, 0.4) is 0 Å². The van der Waals surface area contributed by atoms with Crippen molar-refractivity contribution in [2.45, 2.75) is 25.9 Å². The fourth-order valence-corrected chi connectivity index (χ4v) is 5.01. The van der Waals surface area contributed by atoms with Gasteiger partial charge in [0, 0.05) is 25.0 Å². The van der Waals surface area contributed by atoms with E-state index in [0.29, 0.717) is 16.3 Å². The fourth-order valence-electron chi connectivity index (χ4n) is 3.95. The summed E-state index contributed by atoms with van der Waals surface area (Å²) in [6, 6.07) is 22.7. The molecule has 0 bridgehead atoms. The lowest BCUT2D eigenvalue weighted by molar-refractivity contribution is -0.139. The highest BCUT2D eigenvalue weighted by atomic mass is 35.5. The monoisotopic (exact) mass is 527 g/mol. The Kier molecular flexibility index (Phi) is 9.12. The molecule has 3 rings (SSSR count). The van der Waals surface area contributed by atoms with E-state index in [1.165, 1.54) is 18.0 Å². The van der Waals surface area contributed by atoms with Crippen LogP contribution in [0.4, 0.5) is 5.69 Å². The number of carbonyl (C=O) groups is 2. The number of halogens is 1. The summed E-state index contributed by atoms with van der Waals surface area (Å²) >= 11 is 6.15. The lowest BCUT2D eigenvalue weighted by Crippen LogP contribution is -2.53. The third-order valence-corrected chi connectivity index (χ3v) is 7.19. The molecule has 0 fully saturated rings. The summed E-state index contributed by atoms with van der Waals surface area (Å²) in [4.78, 5) is 28.3. The van der Waals surface area contributed by atoms with Crippen LogP contribution in [0, 0.1) is 6.92 Å². The quantitative estimate of drug-likeness (QED) is 0.434. The van der Waals surface area contributed by atoms with E-state index in [9.17, 15) is 18.0 Å². The summed E-state index contributed by atoms with van der Waals surface area (Å²) in [7, 11) is -2.32. The van der Waals surface area contributed by atoms with Crippen LogP contribution in [0.15, 0.2) is 78.9 Å². The van der Waals surface area contributed by atoms with E-state index in [2.05, 4.69) is 5.32 Å². The predicted octanol–water partition coefficient (Wildman–Crippen LogP) is 3.80. The van der Waals surface area contributed by atoms with Gasteiger partial charge < -0.3 is 10.2 Å². The van der Waals surface area contributed by atoms with Crippen LogP contribution in [0.5, 0.6) is 0 Å². The number of likely N-dealkylation sites (N-methyl/N-ethyl adjacent to an activating group) is 1. The second kappa shape index (κ2) is 12.1. The highest BCUT2D eigenvalue weighted by Crippen LogP contribution is 2.27. The number of benzene rings is 3. The maximum Gasteiger partial charge on any atom is 0.244 e. The zero-order chi connectivity index (χ0) is 26.3. The predicted molar refractivity (Wildman–Crippen MR) is 143 cm³/mol. The Bertz CT molecular complexity index is 1300. The van der Waals surface area contributed by atoms with Crippen LogP contribution in [0.25, 0.3) is 0 Å². The number of amides is 2. The van der Waals surface area contributed by atoms with E-state index in [4.69, 9.17) is 11.6 Å². The average molecular weight is 528 g/mol. The molecular formula is C27H30ClN3O4S. The SMILES string of the molecule is CNC(=O)C(Cc1ccccc1)N(Cc1ccccc1)C(=O)CN(c1cc(Cl)ccc1C)S(C)(=O)=O. The van der Waals surface area contributed by atoms with E-state index in [-0.39, 0.29) is 18.9 Å². The summed E-state index contributed by atoms with van der Waals surface area (Å²) in [5.74, 6) is -0.846. The maximum atomic E-state index is 13.8. The lowest BCUT2D eigenvalue weighted by atomic mass is 10.0. The highest BCUT2D eigenvalue weighted by Gasteiger charge is 2.33. The molecule has 0 aliphatic rings.